The molecular weight excluding hydrogens is 450 g/mol. The molecule has 5 nitrogen and oxygen atoms in total. The van der Waals surface area contributed by atoms with Gasteiger partial charge in [-0.1, -0.05) is 17.7 Å². The van der Waals surface area contributed by atoms with Crippen LogP contribution in [0, 0.1) is 11.6 Å². The third-order valence-corrected chi connectivity index (χ3v) is 5.93. The minimum absolute atomic E-state index is 0.105. The van der Waals surface area contributed by atoms with Crippen molar-refractivity contribution in [2.75, 3.05) is 13.2 Å². The molecule has 1 amide bonds. The van der Waals surface area contributed by atoms with Crippen LogP contribution in [0.1, 0.15) is 24.8 Å². The normalized spacial score (nSPS) is 15.8. The van der Waals surface area contributed by atoms with Crippen LogP contribution in [-0.4, -0.2) is 28.9 Å². The summed E-state index contributed by atoms with van der Waals surface area (Å²) in [5.74, 6) is -0.452. The Morgan fingerprint density at radius 3 is 2.73 bits per heavy atom. The average Bonchev–Trinajstić information content (AvgIpc) is 3.45. The maximum absolute atomic E-state index is 14.2. The zero-order valence-corrected chi connectivity index (χ0v) is 18.2. The topological polar surface area (TPSA) is 55.6 Å². The van der Waals surface area contributed by atoms with Crippen LogP contribution in [0.2, 0.25) is 5.02 Å². The number of aromatic nitrogens is 1. The van der Waals surface area contributed by atoms with Crippen molar-refractivity contribution >= 4 is 28.6 Å². The van der Waals surface area contributed by atoms with Crippen molar-refractivity contribution < 1.29 is 22.7 Å². The number of benzene rings is 3. The molecule has 0 N–H and O–H groups in total. The van der Waals surface area contributed by atoms with Gasteiger partial charge in [0.05, 0.1) is 0 Å². The van der Waals surface area contributed by atoms with E-state index in [4.69, 9.17) is 20.8 Å². The smallest absolute Gasteiger partial charge is 0.261 e. The van der Waals surface area contributed by atoms with Gasteiger partial charge in [-0.3, -0.25) is 4.79 Å². The second kappa shape index (κ2) is 8.83. The fraction of sp³-hybridized carbons (Fsp3) is 0.200. The highest BCUT2D eigenvalue weighted by atomic mass is 35.5. The molecule has 168 valence electrons. The molecule has 8 heteroatoms. The van der Waals surface area contributed by atoms with Gasteiger partial charge in [0, 0.05) is 23.2 Å². The molecule has 1 aliphatic rings. The number of halogens is 3. The Labute approximate surface area is 193 Å². The van der Waals surface area contributed by atoms with Gasteiger partial charge in [0.1, 0.15) is 28.9 Å². The van der Waals surface area contributed by atoms with E-state index in [-0.39, 0.29) is 24.1 Å². The van der Waals surface area contributed by atoms with Crippen molar-refractivity contribution in [2.24, 2.45) is 0 Å². The number of hydrogen-bond acceptors (Lipinski definition) is 4. The van der Waals surface area contributed by atoms with Crippen LogP contribution in [0.3, 0.4) is 0 Å². The lowest BCUT2D eigenvalue weighted by Gasteiger charge is -2.22. The third-order valence-electron chi connectivity index (χ3n) is 5.68. The number of carbonyl (C=O) groups is 1. The van der Waals surface area contributed by atoms with Crippen molar-refractivity contribution in [3.63, 3.8) is 0 Å². The Morgan fingerprint density at radius 1 is 1.12 bits per heavy atom. The molecule has 0 radical (unpaired) electrons. The fourth-order valence-corrected chi connectivity index (χ4v) is 4.19. The summed E-state index contributed by atoms with van der Waals surface area (Å²) in [6.07, 6.45) is 1.54. The van der Waals surface area contributed by atoms with Crippen molar-refractivity contribution in [3.8, 4) is 16.9 Å². The van der Waals surface area contributed by atoms with Crippen LogP contribution >= 0.6 is 11.6 Å². The lowest BCUT2D eigenvalue weighted by molar-refractivity contribution is -0.134. The monoisotopic (exact) mass is 468 g/mol. The molecule has 0 spiro atoms. The van der Waals surface area contributed by atoms with E-state index in [9.17, 15) is 13.6 Å². The van der Waals surface area contributed by atoms with Gasteiger partial charge in [-0.15, -0.1) is 0 Å². The molecule has 5 rings (SSSR count). The van der Waals surface area contributed by atoms with Crippen molar-refractivity contribution in [1.82, 2.24) is 9.88 Å². The molecule has 1 fully saturated rings. The van der Waals surface area contributed by atoms with Gasteiger partial charge in [0.25, 0.3) is 5.91 Å². The number of likely N-dealkylation sites (tertiary alicyclic amines) is 1. The van der Waals surface area contributed by atoms with E-state index in [2.05, 4.69) is 4.98 Å². The molecule has 0 unspecified atom stereocenters. The summed E-state index contributed by atoms with van der Waals surface area (Å²) in [5.41, 5.74) is 1.92. The number of hydrogen-bond donors (Lipinski definition) is 0. The van der Waals surface area contributed by atoms with E-state index in [1.165, 1.54) is 12.1 Å². The highest BCUT2D eigenvalue weighted by Gasteiger charge is 2.33. The van der Waals surface area contributed by atoms with Crippen LogP contribution in [0.4, 0.5) is 8.78 Å². The van der Waals surface area contributed by atoms with Gasteiger partial charge in [0.15, 0.2) is 12.2 Å². The number of ether oxygens (including phenoxy) is 1. The number of fused-ring (bicyclic) bond motifs is 1. The Hall–Kier alpha value is -3.45. The van der Waals surface area contributed by atoms with E-state index in [1.54, 1.807) is 47.4 Å². The third kappa shape index (κ3) is 4.41. The lowest BCUT2D eigenvalue weighted by Crippen LogP contribution is -2.34. The molecule has 0 saturated carbocycles. The summed E-state index contributed by atoms with van der Waals surface area (Å²) >= 11 is 5.88. The Balaban J connectivity index is 1.35. The predicted octanol–water partition coefficient (Wildman–Crippen LogP) is 6.17. The van der Waals surface area contributed by atoms with Gasteiger partial charge in [-0.25, -0.2) is 13.8 Å². The first-order chi connectivity index (χ1) is 16.0. The molecular formula is C25H19ClF2N2O3. The number of carbonyl (C=O) groups excluding carboxylic acids is 1. The van der Waals surface area contributed by atoms with Crippen molar-refractivity contribution in [2.45, 2.75) is 18.9 Å². The highest BCUT2D eigenvalue weighted by Crippen LogP contribution is 2.35. The zero-order chi connectivity index (χ0) is 22.9. The minimum Gasteiger partial charge on any atom is -0.484 e. The summed E-state index contributed by atoms with van der Waals surface area (Å²) in [6.45, 7) is 0.477. The molecule has 4 aromatic rings. The standard InChI is InChI=1S/C25H19ClF2N2O3/c26-16-4-7-18(8-5-16)32-14-24(31)30-11-1-2-22(30)25-29-21-12-15(3-10-23(21)33-25)19-9-6-17(27)13-20(19)28/h3-10,12-13,22H,1-2,11,14H2/t22-/m1/s1. The van der Waals surface area contributed by atoms with Crippen LogP contribution in [0.15, 0.2) is 65.1 Å². The second-order valence-electron chi connectivity index (χ2n) is 7.85. The number of rotatable bonds is 5. The van der Waals surface area contributed by atoms with E-state index in [0.29, 0.717) is 39.9 Å². The van der Waals surface area contributed by atoms with E-state index in [1.807, 2.05) is 0 Å². The molecule has 1 atom stereocenters. The van der Waals surface area contributed by atoms with Crippen LogP contribution in [0.25, 0.3) is 22.2 Å². The molecule has 2 heterocycles. The van der Waals surface area contributed by atoms with Crippen LogP contribution in [0.5, 0.6) is 5.75 Å². The number of amides is 1. The molecule has 3 aromatic carbocycles. The molecule has 1 aromatic heterocycles. The van der Waals surface area contributed by atoms with Gasteiger partial charge in [0.2, 0.25) is 5.89 Å². The van der Waals surface area contributed by atoms with E-state index < -0.39 is 11.6 Å². The van der Waals surface area contributed by atoms with Gasteiger partial charge >= 0.3 is 0 Å². The van der Waals surface area contributed by atoms with Gasteiger partial charge in [-0.2, -0.15) is 0 Å². The van der Waals surface area contributed by atoms with E-state index >= 15 is 0 Å². The van der Waals surface area contributed by atoms with Crippen LogP contribution < -0.4 is 4.74 Å². The first-order valence-corrected chi connectivity index (χ1v) is 10.9. The lowest BCUT2D eigenvalue weighted by atomic mass is 10.0. The predicted molar refractivity (Wildman–Crippen MR) is 120 cm³/mol. The molecule has 33 heavy (non-hydrogen) atoms. The second-order valence-corrected chi connectivity index (χ2v) is 8.28. The quantitative estimate of drug-likeness (QED) is 0.351. The maximum Gasteiger partial charge on any atom is 0.261 e. The highest BCUT2D eigenvalue weighted by molar-refractivity contribution is 6.30. The first kappa shape index (κ1) is 21.4. The van der Waals surface area contributed by atoms with E-state index in [0.717, 1.165) is 18.9 Å². The summed E-state index contributed by atoms with van der Waals surface area (Å²) in [6, 6.07) is 15.1. The maximum atomic E-state index is 14.2. The largest absolute Gasteiger partial charge is 0.484 e. The molecule has 1 saturated heterocycles. The minimum atomic E-state index is -0.647. The summed E-state index contributed by atoms with van der Waals surface area (Å²) in [7, 11) is 0. The molecule has 0 bridgehead atoms. The Morgan fingerprint density at radius 2 is 1.94 bits per heavy atom. The number of nitrogens with zero attached hydrogens (tertiary/aromatic N) is 2. The summed E-state index contributed by atoms with van der Waals surface area (Å²) < 4.78 is 39.0. The molecule has 0 aliphatic carbocycles. The van der Waals surface area contributed by atoms with Crippen LogP contribution in [-0.2, 0) is 4.79 Å². The fourth-order valence-electron chi connectivity index (χ4n) is 4.06. The Kier molecular flexibility index (Phi) is 5.72. The summed E-state index contributed by atoms with van der Waals surface area (Å²) in [5, 5.41) is 0.592. The van der Waals surface area contributed by atoms with Crippen molar-refractivity contribution in [1.29, 1.82) is 0 Å². The van der Waals surface area contributed by atoms with Gasteiger partial charge < -0.3 is 14.1 Å². The van der Waals surface area contributed by atoms with Crippen molar-refractivity contribution in [3.05, 3.63) is 83.2 Å². The number of oxazole rings is 1. The SMILES string of the molecule is O=C(COc1ccc(Cl)cc1)N1CCC[C@@H]1c1nc2cc(-c3ccc(F)cc3F)ccc2o1. The summed E-state index contributed by atoms with van der Waals surface area (Å²) in [4.78, 5) is 19.1. The zero-order valence-electron chi connectivity index (χ0n) is 17.4. The average molecular weight is 469 g/mol. The van der Waals surface area contributed by atoms with Gasteiger partial charge in [-0.05, 0) is 66.9 Å². The molecule has 1 aliphatic heterocycles. The Bertz CT molecular complexity index is 1320. The first-order valence-electron chi connectivity index (χ1n) is 10.5.